The standard InChI is InChI=1S/C11H16N4O2/c1-15-7-8(6-13-15)4-5-12-11(17)9-2-3-10(16)14-9/h6-7,9H,2-5H2,1H3,(H,12,17)(H,14,16). The number of nitrogens with zero attached hydrogens (tertiary/aromatic N) is 2. The van der Waals surface area contributed by atoms with Gasteiger partial charge in [0, 0.05) is 26.2 Å². The Labute approximate surface area is 99.4 Å². The Morgan fingerprint density at radius 1 is 1.71 bits per heavy atom. The molecule has 1 unspecified atom stereocenters. The maximum atomic E-state index is 11.6. The lowest BCUT2D eigenvalue weighted by atomic mass is 10.2. The molecule has 6 nitrogen and oxygen atoms in total. The minimum Gasteiger partial charge on any atom is -0.354 e. The quantitative estimate of drug-likeness (QED) is 0.730. The molecular formula is C11H16N4O2. The first-order valence-corrected chi connectivity index (χ1v) is 5.70. The van der Waals surface area contributed by atoms with Crippen molar-refractivity contribution in [3.05, 3.63) is 18.0 Å². The van der Waals surface area contributed by atoms with Gasteiger partial charge in [0.1, 0.15) is 6.04 Å². The van der Waals surface area contributed by atoms with E-state index in [1.807, 2.05) is 13.2 Å². The molecule has 1 atom stereocenters. The highest BCUT2D eigenvalue weighted by Gasteiger charge is 2.26. The van der Waals surface area contributed by atoms with E-state index in [0.717, 1.165) is 12.0 Å². The van der Waals surface area contributed by atoms with Crippen LogP contribution in [0.5, 0.6) is 0 Å². The zero-order valence-corrected chi connectivity index (χ0v) is 9.77. The minimum absolute atomic E-state index is 0.0441. The fraction of sp³-hybridized carbons (Fsp3) is 0.545. The van der Waals surface area contributed by atoms with Crippen LogP contribution in [0.25, 0.3) is 0 Å². The molecule has 2 heterocycles. The Bertz CT molecular complexity index is 427. The van der Waals surface area contributed by atoms with Crippen LogP contribution in [0.3, 0.4) is 0 Å². The Morgan fingerprint density at radius 3 is 3.12 bits per heavy atom. The molecule has 2 amide bonds. The molecule has 0 bridgehead atoms. The molecule has 1 aliphatic heterocycles. The van der Waals surface area contributed by atoms with E-state index in [-0.39, 0.29) is 17.9 Å². The Morgan fingerprint density at radius 2 is 2.53 bits per heavy atom. The molecule has 0 radical (unpaired) electrons. The second kappa shape index (κ2) is 4.99. The van der Waals surface area contributed by atoms with Crippen LogP contribution in [0.15, 0.2) is 12.4 Å². The summed E-state index contributed by atoms with van der Waals surface area (Å²) < 4.78 is 1.73. The highest BCUT2D eigenvalue weighted by molar-refractivity contribution is 5.90. The molecule has 2 N–H and O–H groups in total. The first-order valence-electron chi connectivity index (χ1n) is 5.70. The molecule has 1 aliphatic rings. The van der Waals surface area contributed by atoms with E-state index in [1.165, 1.54) is 0 Å². The van der Waals surface area contributed by atoms with E-state index in [4.69, 9.17) is 0 Å². The third kappa shape index (κ3) is 3.05. The molecule has 1 fully saturated rings. The SMILES string of the molecule is Cn1cc(CCNC(=O)C2CCC(=O)N2)cn1. The fourth-order valence-electron chi connectivity index (χ4n) is 1.86. The molecule has 2 rings (SSSR count). The van der Waals surface area contributed by atoms with Crippen LogP contribution in [0.2, 0.25) is 0 Å². The number of amides is 2. The van der Waals surface area contributed by atoms with Crippen LogP contribution in [-0.2, 0) is 23.1 Å². The molecule has 17 heavy (non-hydrogen) atoms. The highest BCUT2D eigenvalue weighted by Crippen LogP contribution is 2.06. The molecule has 1 saturated heterocycles. The third-order valence-corrected chi connectivity index (χ3v) is 2.78. The molecule has 92 valence electrons. The van der Waals surface area contributed by atoms with Gasteiger partial charge in [-0.05, 0) is 18.4 Å². The van der Waals surface area contributed by atoms with Gasteiger partial charge in [0.25, 0.3) is 0 Å². The number of hydrogen-bond donors (Lipinski definition) is 2. The van der Waals surface area contributed by atoms with Crippen LogP contribution in [0.4, 0.5) is 0 Å². The van der Waals surface area contributed by atoms with Crippen molar-refractivity contribution in [2.45, 2.75) is 25.3 Å². The molecule has 0 spiro atoms. The molecule has 0 saturated carbocycles. The number of nitrogens with one attached hydrogen (secondary N) is 2. The Kier molecular flexibility index (Phi) is 3.41. The minimum atomic E-state index is -0.351. The van der Waals surface area contributed by atoms with Crippen molar-refractivity contribution >= 4 is 11.8 Å². The topological polar surface area (TPSA) is 76.0 Å². The molecule has 1 aromatic rings. The average molecular weight is 236 g/mol. The van der Waals surface area contributed by atoms with Crippen molar-refractivity contribution in [1.82, 2.24) is 20.4 Å². The Hall–Kier alpha value is -1.85. The first-order chi connectivity index (χ1) is 8.15. The molecule has 6 heteroatoms. The van der Waals surface area contributed by atoms with Crippen molar-refractivity contribution < 1.29 is 9.59 Å². The molecule has 1 aromatic heterocycles. The van der Waals surface area contributed by atoms with E-state index in [9.17, 15) is 9.59 Å². The summed E-state index contributed by atoms with van der Waals surface area (Å²) in [5, 5.41) is 9.50. The monoisotopic (exact) mass is 236 g/mol. The van der Waals surface area contributed by atoms with Gasteiger partial charge in [0.05, 0.1) is 6.20 Å². The van der Waals surface area contributed by atoms with Gasteiger partial charge in [0.2, 0.25) is 11.8 Å². The van der Waals surface area contributed by atoms with Crippen LogP contribution in [-0.4, -0.2) is 34.2 Å². The molecule has 0 aliphatic carbocycles. The van der Waals surface area contributed by atoms with Gasteiger partial charge in [-0.2, -0.15) is 5.10 Å². The maximum Gasteiger partial charge on any atom is 0.242 e. The van der Waals surface area contributed by atoms with Gasteiger partial charge >= 0.3 is 0 Å². The van der Waals surface area contributed by atoms with Crippen molar-refractivity contribution in [3.8, 4) is 0 Å². The maximum absolute atomic E-state index is 11.6. The van der Waals surface area contributed by atoms with Crippen LogP contribution >= 0.6 is 0 Å². The number of aromatic nitrogens is 2. The lowest BCUT2D eigenvalue weighted by molar-refractivity contribution is -0.125. The van der Waals surface area contributed by atoms with Crippen LogP contribution < -0.4 is 10.6 Å². The fourth-order valence-corrected chi connectivity index (χ4v) is 1.86. The van der Waals surface area contributed by atoms with E-state index in [2.05, 4.69) is 15.7 Å². The summed E-state index contributed by atoms with van der Waals surface area (Å²) in [6, 6.07) is -0.351. The van der Waals surface area contributed by atoms with E-state index >= 15 is 0 Å². The summed E-state index contributed by atoms with van der Waals surface area (Å²) in [5.74, 6) is -0.142. The second-order valence-corrected chi connectivity index (χ2v) is 4.22. The first kappa shape index (κ1) is 11.6. The summed E-state index contributed by atoms with van der Waals surface area (Å²) >= 11 is 0. The second-order valence-electron chi connectivity index (χ2n) is 4.22. The summed E-state index contributed by atoms with van der Waals surface area (Å²) in [6.07, 6.45) is 5.49. The van der Waals surface area contributed by atoms with Gasteiger partial charge < -0.3 is 10.6 Å². The smallest absolute Gasteiger partial charge is 0.242 e. The highest BCUT2D eigenvalue weighted by atomic mass is 16.2. The van der Waals surface area contributed by atoms with Gasteiger partial charge in [-0.15, -0.1) is 0 Å². The normalized spacial score (nSPS) is 19.1. The van der Waals surface area contributed by atoms with Crippen molar-refractivity contribution in [1.29, 1.82) is 0 Å². The lowest BCUT2D eigenvalue weighted by Gasteiger charge is -2.10. The van der Waals surface area contributed by atoms with Crippen molar-refractivity contribution in [3.63, 3.8) is 0 Å². The van der Waals surface area contributed by atoms with Gasteiger partial charge in [-0.25, -0.2) is 0 Å². The van der Waals surface area contributed by atoms with Gasteiger partial charge in [-0.1, -0.05) is 0 Å². The lowest BCUT2D eigenvalue weighted by Crippen LogP contribution is -2.42. The van der Waals surface area contributed by atoms with Crippen LogP contribution in [0, 0.1) is 0 Å². The predicted octanol–water partition coefficient (Wildman–Crippen LogP) is -0.643. The number of rotatable bonds is 4. The molecular weight excluding hydrogens is 220 g/mol. The number of aryl methyl sites for hydroxylation is 1. The average Bonchev–Trinajstić information content (AvgIpc) is 2.88. The van der Waals surface area contributed by atoms with Crippen LogP contribution in [0.1, 0.15) is 18.4 Å². The van der Waals surface area contributed by atoms with Gasteiger partial charge in [0.15, 0.2) is 0 Å². The van der Waals surface area contributed by atoms with Crippen molar-refractivity contribution in [2.75, 3.05) is 6.54 Å². The third-order valence-electron chi connectivity index (χ3n) is 2.78. The number of carbonyl (C=O) groups excluding carboxylic acids is 2. The number of carbonyl (C=O) groups is 2. The summed E-state index contributed by atoms with van der Waals surface area (Å²) in [7, 11) is 1.86. The van der Waals surface area contributed by atoms with E-state index in [0.29, 0.717) is 19.4 Å². The zero-order valence-electron chi connectivity index (χ0n) is 9.77. The van der Waals surface area contributed by atoms with Crippen molar-refractivity contribution in [2.24, 2.45) is 7.05 Å². The Balaban J connectivity index is 1.71. The summed E-state index contributed by atoms with van der Waals surface area (Å²) in [4.78, 5) is 22.6. The summed E-state index contributed by atoms with van der Waals surface area (Å²) in [5.41, 5.74) is 1.09. The number of hydrogen-bond acceptors (Lipinski definition) is 3. The molecule has 0 aromatic carbocycles. The van der Waals surface area contributed by atoms with E-state index < -0.39 is 0 Å². The van der Waals surface area contributed by atoms with Gasteiger partial charge in [-0.3, -0.25) is 14.3 Å². The zero-order chi connectivity index (χ0) is 12.3. The summed E-state index contributed by atoms with van der Waals surface area (Å²) in [6.45, 7) is 0.566. The van der Waals surface area contributed by atoms with E-state index in [1.54, 1.807) is 10.9 Å². The predicted molar refractivity (Wildman–Crippen MR) is 61.1 cm³/mol. The largest absolute Gasteiger partial charge is 0.354 e.